The predicted molar refractivity (Wildman–Crippen MR) is 125 cm³/mol. The third-order valence-corrected chi connectivity index (χ3v) is 8.57. The van der Waals surface area contributed by atoms with E-state index in [0.29, 0.717) is 18.8 Å². The second-order valence-corrected chi connectivity index (χ2v) is 10.5. The molecule has 1 amide bonds. The number of sulfonamides is 1. The van der Waals surface area contributed by atoms with Crippen LogP contribution in [0, 0.1) is 6.92 Å². The van der Waals surface area contributed by atoms with Gasteiger partial charge >= 0.3 is 0 Å². The SMILES string of the molecule is Cc1ccccc1CNC(=O)C1SCCN1S(=O)(=O)c1ccc(-c2ccccc2)cc1. The van der Waals surface area contributed by atoms with Gasteiger partial charge < -0.3 is 5.32 Å². The van der Waals surface area contributed by atoms with E-state index in [-0.39, 0.29) is 10.8 Å². The van der Waals surface area contributed by atoms with Crippen molar-refractivity contribution in [3.05, 3.63) is 90.0 Å². The number of benzene rings is 3. The van der Waals surface area contributed by atoms with Gasteiger partial charge in [0.15, 0.2) is 0 Å². The fraction of sp³-hybridized carbons (Fsp3) is 0.208. The van der Waals surface area contributed by atoms with Crippen LogP contribution in [0.5, 0.6) is 0 Å². The Kier molecular flexibility index (Phi) is 6.46. The van der Waals surface area contributed by atoms with Gasteiger partial charge in [0.1, 0.15) is 5.37 Å². The molecule has 0 saturated carbocycles. The smallest absolute Gasteiger partial charge is 0.249 e. The normalized spacial score (nSPS) is 16.9. The maximum Gasteiger partial charge on any atom is 0.249 e. The molecule has 1 atom stereocenters. The van der Waals surface area contributed by atoms with E-state index in [9.17, 15) is 13.2 Å². The van der Waals surface area contributed by atoms with Crippen molar-refractivity contribution in [2.75, 3.05) is 12.3 Å². The molecule has 3 aromatic carbocycles. The van der Waals surface area contributed by atoms with E-state index in [4.69, 9.17) is 0 Å². The standard InChI is InChI=1S/C24H24N2O3S2/c1-18-7-5-6-10-21(18)17-25-23(27)24-26(15-16-30-24)31(28,29)22-13-11-20(12-14-22)19-8-3-2-4-9-19/h2-14,24H,15-17H2,1H3,(H,25,27). The highest BCUT2D eigenvalue weighted by Crippen LogP contribution is 2.31. The van der Waals surface area contributed by atoms with Crippen molar-refractivity contribution in [3.8, 4) is 11.1 Å². The van der Waals surface area contributed by atoms with Crippen molar-refractivity contribution >= 4 is 27.7 Å². The zero-order chi connectivity index (χ0) is 21.8. The zero-order valence-electron chi connectivity index (χ0n) is 17.2. The van der Waals surface area contributed by atoms with E-state index in [0.717, 1.165) is 22.3 Å². The summed E-state index contributed by atoms with van der Waals surface area (Å²) < 4.78 is 27.8. The lowest BCUT2D eigenvalue weighted by atomic mass is 10.1. The second kappa shape index (κ2) is 9.26. The van der Waals surface area contributed by atoms with Crippen molar-refractivity contribution in [1.29, 1.82) is 0 Å². The molecule has 0 aliphatic carbocycles. The predicted octanol–water partition coefficient (Wildman–Crippen LogP) is 4.04. The number of nitrogens with zero attached hydrogens (tertiary/aromatic N) is 1. The van der Waals surface area contributed by atoms with Gasteiger partial charge in [0.25, 0.3) is 0 Å². The molecule has 7 heteroatoms. The quantitative estimate of drug-likeness (QED) is 0.613. The van der Waals surface area contributed by atoms with Gasteiger partial charge in [0, 0.05) is 18.8 Å². The fourth-order valence-electron chi connectivity index (χ4n) is 3.57. The van der Waals surface area contributed by atoms with E-state index in [1.54, 1.807) is 24.3 Å². The van der Waals surface area contributed by atoms with Crippen molar-refractivity contribution in [2.45, 2.75) is 23.7 Å². The van der Waals surface area contributed by atoms with Crippen molar-refractivity contribution < 1.29 is 13.2 Å². The fourth-order valence-corrected chi connectivity index (χ4v) is 6.67. The van der Waals surface area contributed by atoms with Crippen molar-refractivity contribution in [3.63, 3.8) is 0 Å². The third kappa shape index (κ3) is 4.69. The number of rotatable bonds is 6. The summed E-state index contributed by atoms with van der Waals surface area (Å²) in [6.45, 7) is 2.68. The second-order valence-electron chi connectivity index (χ2n) is 7.37. The molecule has 1 aliphatic rings. The molecule has 1 unspecified atom stereocenters. The van der Waals surface area contributed by atoms with Gasteiger partial charge in [-0.1, -0.05) is 66.7 Å². The topological polar surface area (TPSA) is 66.5 Å². The van der Waals surface area contributed by atoms with Gasteiger partial charge in [-0.3, -0.25) is 4.79 Å². The largest absolute Gasteiger partial charge is 0.350 e. The molecule has 4 rings (SSSR count). The first-order valence-corrected chi connectivity index (χ1v) is 12.6. The molecule has 0 aromatic heterocycles. The number of carbonyl (C=O) groups excluding carboxylic acids is 1. The Morgan fingerprint density at radius 2 is 1.61 bits per heavy atom. The summed E-state index contributed by atoms with van der Waals surface area (Å²) in [5.74, 6) is 0.305. The van der Waals surface area contributed by atoms with Crippen LogP contribution in [0.1, 0.15) is 11.1 Å². The number of aryl methyl sites for hydroxylation is 1. The van der Waals surface area contributed by atoms with Crippen LogP contribution < -0.4 is 5.32 Å². The molecule has 0 radical (unpaired) electrons. The molecular weight excluding hydrogens is 428 g/mol. The van der Waals surface area contributed by atoms with Gasteiger partial charge in [0.2, 0.25) is 15.9 Å². The number of nitrogens with one attached hydrogen (secondary N) is 1. The highest BCUT2D eigenvalue weighted by molar-refractivity contribution is 8.02. The molecule has 1 heterocycles. The summed E-state index contributed by atoms with van der Waals surface area (Å²) in [6.07, 6.45) is 0. The summed E-state index contributed by atoms with van der Waals surface area (Å²) in [7, 11) is -3.77. The number of thioether (sulfide) groups is 1. The molecule has 31 heavy (non-hydrogen) atoms. The van der Waals surface area contributed by atoms with Gasteiger partial charge in [-0.15, -0.1) is 11.8 Å². The van der Waals surface area contributed by atoms with E-state index in [2.05, 4.69) is 5.32 Å². The molecule has 5 nitrogen and oxygen atoms in total. The van der Waals surface area contributed by atoms with Gasteiger partial charge in [-0.2, -0.15) is 4.31 Å². The van der Waals surface area contributed by atoms with Gasteiger partial charge in [-0.25, -0.2) is 8.42 Å². The van der Waals surface area contributed by atoms with E-state index < -0.39 is 15.4 Å². The minimum absolute atomic E-state index is 0.200. The summed E-state index contributed by atoms with van der Waals surface area (Å²) >= 11 is 1.35. The number of hydrogen-bond acceptors (Lipinski definition) is 4. The molecule has 160 valence electrons. The van der Waals surface area contributed by atoms with Crippen LogP contribution in [0.4, 0.5) is 0 Å². The molecular formula is C24H24N2O3S2. The van der Waals surface area contributed by atoms with E-state index >= 15 is 0 Å². The summed E-state index contributed by atoms with van der Waals surface area (Å²) in [4.78, 5) is 13.0. The molecule has 1 N–H and O–H groups in total. The number of amides is 1. The summed E-state index contributed by atoms with van der Waals surface area (Å²) in [5.41, 5.74) is 4.08. The minimum Gasteiger partial charge on any atom is -0.350 e. The monoisotopic (exact) mass is 452 g/mol. The lowest BCUT2D eigenvalue weighted by molar-refractivity contribution is -0.122. The molecule has 0 spiro atoms. The number of carbonyl (C=O) groups is 1. The average molecular weight is 453 g/mol. The average Bonchev–Trinajstić information content (AvgIpc) is 3.30. The molecule has 1 aliphatic heterocycles. The third-order valence-electron chi connectivity index (χ3n) is 5.36. The van der Waals surface area contributed by atoms with Crippen LogP contribution in [-0.4, -0.2) is 36.3 Å². The van der Waals surface area contributed by atoms with Gasteiger partial charge in [-0.05, 0) is 41.3 Å². The summed E-state index contributed by atoms with van der Waals surface area (Å²) in [5, 5.41) is 2.14. The van der Waals surface area contributed by atoms with E-state index in [1.807, 2.05) is 61.5 Å². The minimum atomic E-state index is -3.77. The first kappa shape index (κ1) is 21.6. The van der Waals surface area contributed by atoms with Crippen LogP contribution in [0.25, 0.3) is 11.1 Å². The lowest BCUT2D eigenvalue weighted by Gasteiger charge is -2.23. The first-order chi connectivity index (χ1) is 15.0. The maximum absolute atomic E-state index is 13.3. The molecule has 3 aromatic rings. The molecule has 1 fully saturated rings. The number of hydrogen-bond donors (Lipinski definition) is 1. The first-order valence-electron chi connectivity index (χ1n) is 10.1. The van der Waals surface area contributed by atoms with E-state index in [1.165, 1.54) is 16.1 Å². The van der Waals surface area contributed by atoms with Crippen LogP contribution >= 0.6 is 11.8 Å². The highest BCUT2D eigenvalue weighted by Gasteiger charge is 2.40. The maximum atomic E-state index is 13.3. The zero-order valence-corrected chi connectivity index (χ0v) is 18.8. The Hall–Kier alpha value is -2.61. The highest BCUT2D eigenvalue weighted by atomic mass is 32.2. The summed E-state index contributed by atoms with van der Waals surface area (Å²) in [6, 6.07) is 24.5. The Balaban J connectivity index is 1.49. The van der Waals surface area contributed by atoms with Gasteiger partial charge in [0.05, 0.1) is 4.90 Å². The van der Waals surface area contributed by atoms with Crippen LogP contribution in [0.3, 0.4) is 0 Å². The molecule has 0 bridgehead atoms. The Morgan fingerprint density at radius 1 is 0.968 bits per heavy atom. The Morgan fingerprint density at radius 3 is 2.32 bits per heavy atom. The lowest BCUT2D eigenvalue weighted by Crippen LogP contribution is -2.44. The molecule has 1 saturated heterocycles. The Bertz CT molecular complexity index is 1160. The van der Waals surface area contributed by atoms with Crippen molar-refractivity contribution in [1.82, 2.24) is 9.62 Å². The van der Waals surface area contributed by atoms with Crippen LogP contribution in [0.15, 0.2) is 83.8 Å². The van der Waals surface area contributed by atoms with Crippen LogP contribution in [-0.2, 0) is 21.4 Å². The Labute approximate surface area is 187 Å². The van der Waals surface area contributed by atoms with Crippen LogP contribution in [0.2, 0.25) is 0 Å². The van der Waals surface area contributed by atoms with Crippen molar-refractivity contribution in [2.24, 2.45) is 0 Å².